The molecule has 0 aliphatic carbocycles. The van der Waals surface area contributed by atoms with Gasteiger partial charge in [0.2, 0.25) is 6.41 Å². The second-order valence-corrected chi connectivity index (χ2v) is 2.26. The minimum Gasteiger partial charge on any atom is -0.480 e. The maximum Gasteiger partial charge on any atom is 0.326 e. The Morgan fingerprint density at radius 2 is 2.27 bits per heavy atom. The number of aliphatic hydroxyl groups excluding tert-OH is 1. The molecule has 0 aliphatic heterocycles. The summed E-state index contributed by atoms with van der Waals surface area (Å²) in [7, 11) is 0. The van der Waals surface area contributed by atoms with E-state index < -0.39 is 18.1 Å². The highest BCUT2D eigenvalue weighted by molar-refractivity contribution is 5.76. The predicted molar refractivity (Wildman–Crippen MR) is 36.9 cm³/mol. The van der Waals surface area contributed by atoms with Gasteiger partial charge >= 0.3 is 5.97 Å². The molecule has 0 aromatic rings. The van der Waals surface area contributed by atoms with Gasteiger partial charge in [-0.3, -0.25) is 4.79 Å². The number of aliphatic carboxylic acids is 1. The van der Waals surface area contributed by atoms with Crippen molar-refractivity contribution in [2.24, 2.45) is 0 Å². The third kappa shape index (κ3) is 4.32. The monoisotopic (exact) mass is 161 g/mol. The molecule has 5 nitrogen and oxygen atoms in total. The molecular formula is C6H11NO4. The molecule has 5 heteroatoms. The Morgan fingerprint density at radius 3 is 2.55 bits per heavy atom. The number of nitrogens with one attached hydrogen (secondary N) is 1. The number of carbonyl (C=O) groups is 2. The first-order valence-electron chi connectivity index (χ1n) is 3.18. The number of amides is 1. The van der Waals surface area contributed by atoms with Crippen LogP contribution in [0.3, 0.4) is 0 Å². The quantitative estimate of drug-likeness (QED) is 0.449. The normalized spacial score (nSPS) is 15.1. The van der Waals surface area contributed by atoms with Gasteiger partial charge in [0, 0.05) is 6.42 Å². The summed E-state index contributed by atoms with van der Waals surface area (Å²) in [6, 6.07) is -0.993. The average molecular weight is 161 g/mol. The fourth-order valence-corrected chi connectivity index (χ4v) is 0.663. The van der Waals surface area contributed by atoms with Gasteiger partial charge in [-0.25, -0.2) is 4.79 Å². The zero-order valence-corrected chi connectivity index (χ0v) is 6.15. The van der Waals surface area contributed by atoms with Gasteiger partial charge in [0.1, 0.15) is 6.04 Å². The number of carbonyl (C=O) groups excluding carboxylic acids is 1. The minimum absolute atomic E-state index is 0.0219. The summed E-state index contributed by atoms with van der Waals surface area (Å²) in [5.74, 6) is -1.14. The standard InChI is InChI=1S/C6H11NO4/c1-4(9)2-5(6(10)11)7-3-8/h3-5,9H,2H2,1H3,(H,7,8)(H,10,11). The number of hydrogen-bond acceptors (Lipinski definition) is 3. The van der Waals surface area contributed by atoms with Crippen LogP contribution in [0.4, 0.5) is 0 Å². The first kappa shape index (κ1) is 9.90. The molecule has 0 rings (SSSR count). The van der Waals surface area contributed by atoms with Crippen molar-refractivity contribution >= 4 is 12.4 Å². The molecule has 1 amide bonds. The molecule has 0 fully saturated rings. The molecule has 0 saturated carbocycles. The molecule has 0 saturated heterocycles. The Balaban J connectivity index is 3.88. The van der Waals surface area contributed by atoms with Crippen molar-refractivity contribution in [3.63, 3.8) is 0 Å². The van der Waals surface area contributed by atoms with Crippen LogP contribution in [-0.4, -0.2) is 34.7 Å². The molecule has 0 heterocycles. The molecule has 3 N–H and O–H groups in total. The lowest BCUT2D eigenvalue weighted by Gasteiger charge is -2.11. The highest BCUT2D eigenvalue weighted by atomic mass is 16.4. The molecular weight excluding hydrogens is 150 g/mol. The van der Waals surface area contributed by atoms with Crippen LogP contribution in [-0.2, 0) is 9.59 Å². The Morgan fingerprint density at radius 1 is 1.73 bits per heavy atom. The summed E-state index contributed by atoms with van der Waals surface area (Å²) in [5.41, 5.74) is 0. The summed E-state index contributed by atoms with van der Waals surface area (Å²) < 4.78 is 0. The van der Waals surface area contributed by atoms with Gasteiger partial charge in [-0.05, 0) is 6.92 Å². The van der Waals surface area contributed by atoms with Gasteiger partial charge in [-0.15, -0.1) is 0 Å². The number of aliphatic hydroxyl groups is 1. The van der Waals surface area contributed by atoms with E-state index in [1.54, 1.807) is 0 Å². The van der Waals surface area contributed by atoms with Gasteiger partial charge in [-0.2, -0.15) is 0 Å². The van der Waals surface area contributed by atoms with Crippen molar-refractivity contribution in [1.29, 1.82) is 0 Å². The zero-order valence-electron chi connectivity index (χ0n) is 6.15. The fourth-order valence-electron chi connectivity index (χ4n) is 0.663. The van der Waals surface area contributed by atoms with Crippen molar-refractivity contribution in [3.8, 4) is 0 Å². The largest absolute Gasteiger partial charge is 0.480 e. The van der Waals surface area contributed by atoms with Crippen LogP contribution in [0.5, 0.6) is 0 Å². The lowest BCUT2D eigenvalue weighted by atomic mass is 10.1. The van der Waals surface area contributed by atoms with Gasteiger partial charge < -0.3 is 15.5 Å². The van der Waals surface area contributed by atoms with E-state index in [0.29, 0.717) is 6.41 Å². The highest BCUT2D eigenvalue weighted by Gasteiger charge is 2.17. The van der Waals surface area contributed by atoms with Crippen LogP contribution in [0.15, 0.2) is 0 Å². The Hall–Kier alpha value is -1.10. The van der Waals surface area contributed by atoms with Crippen LogP contribution in [0.2, 0.25) is 0 Å². The van der Waals surface area contributed by atoms with Gasteiger partial charge in [-0.1, -0.05) is 0 Å². The van der Waals surface area contributed by atoms with E-state index in [4.69, 9.17) is 10.2 Å². The smallest absolute Gasteiger partial charge is 0.326 e. The van der Waals surface area contributed by atoms with Crippen molar-refractivity contribution < 1.29 is 19.8 Å². The summed E-state index contributed by atoms with van der Waals surface area (Å²) in [6.45, 7) is 1.46. The second-order valence-electron chi connectivity index (χ2n) is 2.26. The van der Waals surface area contributed by atoms with Crippen molar-refractivity contribution in [2.45, 2.75) is 25.5 Å². The summed E-state index contributed by atoms with van der Waals surface area (Å²) >= 11 is 0. The van der Waals surface area contributed by atoms with Crippen LogP contribution in [0, 0.1) is 0 Å². The molecule has 2 unspecified atom stereocenters. The highest BCUT2D eigenvalue weighted by Crippen LogP contribution is 1.96. The maximum atomic E-state index is 10.3. The maximum absolute atomic E-state index is 10.3. The van der Waals surface area contributed by atoms with E-state index in [1.165, 1.54) is 6.92 Å². The van der Waals surface area contributed by atoms with Gasteiger partial charge in [0.05, 0.1) is 6.10 Å². The average Bonchev–Trinajstić information content (AvgIpc) is 1.86. The van der Waals surface area contributed by atoms with Gasteiger partial charge in [0.15, 0.2) is 0 Å². The molecule has 0 aromatic heterocycles. The van der Waals surface area contributed by atoms with E-state index in [1.807, 2.05) is 0 Å². The molecule has 0 radical (unpaired) electrons. The number of carboxylic acid groups (broad SMARTS) is 1. The Kier molecular flexibility index (Phi) is 4.21. The van der Waals surface area contributed by atoms with Crippen molar-refractivity contribution in [3.05, 3.63) is 0 Å². The minimum atomic E-state index is -1.14. The summed E-state index contributed by atoms with van der Waals surface area (Å²) in [4.78, 5) is 20.1. The predicted octanol–water partition coefficient (Wildman–Crippen LogP) is -1.04. The first-order valence-corrected chi connectivity index (χ1v) is 3.18. The molecule has 64 valence electrons. The molecule has 0 aliphatic rings. The molecule has 0 bridgehead atoms. The molecule has 11 heavy (non-hydrogen) atoms. The summed E-state index contributed by atoms with van der Waals surface area (Å²) in [6.07, 6.45) is -0.404. The summed E-state index contributed by atoms with van der Waals surface area (Å²) in [5, 5.41) is 19.3. The first-order chi connectivity index (χ1) is 5.07. The lowest BCUT2D eigenvalue weighted by molar-refractivity contribution is -0.141. The Bertz CT molecular complexity index is 146. The SMILES string of the molecule is CC(O)CC(NC=O)C(=O)O. The van der Waals surface area contributed by atoms with E-state index in [-0.39, 0.29) is 6.42 Å². The zero-order chi connectivity index (χ0) is 8.85. The molecule has 2 atom stereocenters. The molecule has 0 aromatic carbocycles. The third-order valence-corrected chi connectivity index (χ3v) is 1.14. The van der Waals surface area contributed by atoms with Crippen molar-refractivity contribution in [2.75, 3.05) is 0 Å². The Labute approximate surface area is 64.0 Å². The second kappa shape index (κ2) is 4.68. The van der Waals surface area contributed by atoms with Crippen LogP contribution >= 0.6 is 0 Å². The van der Waals surface area contributed by atoms with Gasteiger partial charge in [0.25, 0.3) is 0 Å². The van der Waals surface area contributed by atoms with Crippen LogP contribution < -0.4 is 5.32 Å². The number of rotatable bonds is 5. The van der Waals surface area contributed by atoms with Crippen LogP contribution in [0.25, 0.3) is 0 Å². The van der Waals surface area contributed by atoms with E-state index in [9.17, 15) is 9.59 Å². The van der Waals surface area contributed by atoms with Crippen molar-refractivity contribution in [1.82, 2.24) is 5.32 Å². The fraction of sp³-hybridized carbons (Fsp3) is 0.667. The van der Waals surface area contributed by atoms with E-state index >= 15 is 0 Å². The van der Waals surface area contributed by atoms with E-state index in [0.717, 1.165) is 0 Å². The van der Waals surface area contributed by atoms with E-state index in [2.05, 4.69) is 5.32 Å². The van der Waals surface area contributed by atoms with Crippen LogP contribution in [0.1, 0.15) is 13.3 Å². The number of hydrogen-bond donors (Lipinski definition) is 3. The topological polar surface area (TPSA) is 86.6 Å². The lowest BCUT2D eigenvalue weighted by Crippen LogP contribution is -2.38. The number of carboxylic acids is 1. The molecule has 0 spiro atoms. The third-order valence-electron chi connectivity index (χ3n) is 1.14.